The van der Waals surface area contributed by atoms with Crippen LogP contribution in [0.5, 0.6) is 5.75 Å². The van der Waals surface area contributed by atoms with Crippen molar-refractivity contribution in [2.24, 2.45) is 5.73 Å². The van der Waals surface area contributed by atoms with E-state index in [4.69, 9.17) is 10.5 Å². The summed E-state index contributed by atoms with van der Waals surface area (Å²) < 4.78 is 5.56. The number of rotatable bonds is 2. The Morgan fingerprint density at radius 3 is 3.12 bits per heavy atom. The largest absolute Gasteiger partial charge is 0.493 e. The van der Waals surface area contributed by atoms with Crippen LogP contribution in [0.1, 0.15) is 35.4 Å². The average Bonchev–Trinajstić information content (AvgIpc) is 2.82. The molecule has 1 amide bonds. The lowest BCUT2D eigenvalue weighted by Gasteiger charge is -2.12. The minimum absolute atomic E-state index is 0.200. The predicted octanol–water partition coefficient (Wildman–Crippen LogP) is 1.53. The second kappa shape index (κ2) is 3.51. The molecule has 0 saturated heterocycles. The number of amides is 1. The predicted molar refractivity (Wildman–Crippen MR) is 60.5 cm³/mol. The first-order valence-electron chi connectivity index (χ1n) is 5.81. The van der Waals surface area contributed by atoms with Gasteiger partial charge in [0.1, 0.15) is 5.75 Å². The van der Waals surface area contributed by atoms with Crippen LogP contribution >= 0.6 is 0 Å². The van der Waals surface area contributed by atoms with Crippen LogP contribution in [-0.2, 0) is 17.6 Å². The van der Waals surface area contributed by atoms with Crippen LogP contribution in [0.3, 0.4) is 0 Å². The van der Waals surface area contributed by atoms with E-state index >= 15 is 0 Å². The molecule has 3 nitrogen and oxygen atoms in total. The topological polar surface area (TPSA) is 52.3 Å². The smallest absolute Gasteiger partial charge is 0.218 e. The Labute approximate surface area is 94.6 Å². The lowest BCUT2D eigenvalue weighted by atomic mass is 9.92. The van der Waals surface area contributed by atoms with Gasteiger partial charge in [-0.1, -0.05) is 6.07 Å². The summed E-state index contributed by atoms with van der Waals surface area (Å²) in [7, 11) is 0. The van der Waals surface area contributed by atoms with Gasteiger partial charge in [-0.2, -0.15) is 0 Å². The van der Waals surface area contributed by atoms with E-state index in [-0.39, 0.29) is 5.91 Å². The number of hydrogen-bond acceptors (Lipinski definition) is 2. The maximum Gasteiger partial charge on any atom is 0.218 e. The molecule has 1 aromatic carbocycles. The number of benzene rings is 1. The van der Waals surface area contributed by atoms with Crippen molar-refractivity contribution in [3.8, 4) is 5.75 Å². The molecule has 1 heterocycles. The van der Waals surface area contributed by atoms with Crippen LogP contribution in [0, 0.1) is 0 Å². The monoisotopic (exact) mass is 217 g/mol. The van der Waals surface area contributed by atoms with Gasteiger partial charge in [0.15, 0.2) is 0 Å². The van der Waals surface area contributed by atoms with Gasteiger partial charge in [0.25, 0.3) is 0 Å². The highest BCUT2D eigenvalue weighted by molar-refractivity contribution is 5.75. The van der Waals surface area contributed by atoms with Crippen molar-refractivity contribution in [2.45, 2.75) is 31.6 Å². The molecule has 1 aromatic rings. The van der Waals surface area contributed by atoms with Gasteiger partial charge < -0.3 is 10.5 Å². The van der Waals surface area contributed by atoms with Crippen LogP contribution in [0.15, 0.2) is 12.1 Å². The van der Waals surface area contributed by atoms with Crippen molar-refractivity contribution in [3.63, 3.8) is 0 Å². The molecule has 84 valence electrons. The van der Waals surface area contributed by atoms with Crippen molar-refractivity contribution in [3.05, 3.63) is 28.8 Å². The van der Waals surface area contributed by atoms with E-state index in [1.807, 2.05) is 0 Å². The molecule has 3 rings (SSSR count). The van der Waals surface area contributed by atoms with Gasteiger partial charge in [-0.15, -0.1) is 0 Å². The Morgan fingerprint density at radius 1 is 1.44 bits per heavy atom. The quantitative estimate of drug-likeness (QED) is 0.816. The number of carbonyl (C=O) groups is 1. The Morgan fingerprint density at radius 2 is 2.31 bits per heavy atom. The second-order valence-electron chi connectivity index (χ2n) is 4.62. The van der Waals surface area contributed by atoms with E-state index in [9.17, 15) is 4.79 Å². The maximum atomic E-state index is 11.1. The van der Waals surface area contributed by atoms with Crippen molar-refractivity contribution in [1.29, 1.82) is 0 Å². The summed E-state index contributed by atoms with van der Waals surface area (Å²) in [6.07, 6.45) is 3.58. The van der Waals surface area contributed by atoms with E-state index in [0.29, 0.717) is 12.3 Å². The lowest BCUT2D eigenvalue weighted by molar-refractivity contribution is -0.118. The molecule has 1 aliphatic carbocycles. The minimum atomic E-state index is -0.200. The molecular weight excluding hydrogens is 202 g/mol. The van der Waals surface area contributed by atoms with E-state index in [1.165, 1.54) is 16.7 Å². The van der Waals surface area contributed by atoms with Gasteiger partial charge in [0.05, 0.1) is 6.61 Å². The number of carbonyl (C=O) groups excluding carboxylic acids is 1. The summed E-state index contributed by atoms with van der Waals surface area (Å²) in [6.45, 7) is 0.773. The van der Waals surface area contributed by atoms with E-state index in [2.05, 4.69) is 12.1 Å². The highest BCUT2D eigenvalue weighted by Gasteiger charge is 2.30. The molecule has 0 radical (unpaired) electrons. The molecule has 0 saturated carbocycles. The normalized spacial score (nSPS) is 21.4. The van der Waals surface area contributed by atoms with Gasteiger partial charge in [0, 0.05) is 18.4 Å². The fraction of sp³-hybridized carbons (Fsp3) is 0.462. The highest BCUT2D eigenvalue weighted by Crippen LogP contribution is 2.42. The Hall–Kier alpha value is -1.51. The molecule has 3 heteroatoms. The number of fused-ring (bicyclic) bond motifs is 3. The summed E-state index contributed by atoms with van der Waals surface area (Å²) in [6, 6.07) is 4.20. The Balaban J connectivity index is 2.03. The van der Waals surface area contributed by atoms with Crippen LogP contribution in [0.2, 0.25) is 0 Å². The lowest BCUT2D eigenvalue weighted by Crippen LogP contribution is -2.14. The molecule has 1 aliphatic heterocycles. The molecule has 2 aliphatic rings. The highest BCUT2D eigenvalue weighted by atomic mass is 16.5. The Kier molecular flexibility index (Phi) is 2.13. The van der Waals surface area contributed by atoms with Gasteiger partial charge in [0.2, 0.25) is 5.91 Å². The number of ether oxygens (including phenoxy) is 1. The van der Waals surface area contributed by atoms with Crippen molar-refractivity contribution >= 4 is 5.91 Å². The third-order valence-electron chi connectivity index (χ3n) is 3.63. The second-order valence-corrected chi connectivity index (χ2v) is 4.62. The van der Waals surface area contributed by atoms with Crippen LogP contribution in [0.25, 0.3) is 0 Å². The zero-order chi connectivity index (χ0) is 11.1. The SMILES string of the molecule is NC(=O)C[C@H]1CCc2ccc3c(c21)CCO3. The molecule has 0 unspecified atom stereocenters. The van der Waals surface area contributed by atoms with Crippen molar-refractivity contribution in [1.82, 2.24) is 0 Å². The molecular formula is C13H15NO2. The molecule has 0 spiro atoms. The summed E-state index contributed by atoms with van der Waals surface area (Å²) >= 11 is 0. The molecule has 0 aromatic heterocycles. The van der Waals surface area contributed by atoms with Crippen LogP contribution in [0.4, 0.5) is 0 Å². The molecule has 0 bridgehead atoms. The first-order chi connectivity index (χ1) is 7.75. The first kappa shape index (κ1) is 9.70. The summed E-state index contributed by atoms with van der Waals surface area (Å²) in [5, 5.41) is 0. The van der Waals surface area contributed by atoms with Crippen LogP contribution < -0.4 is 10.5 Å². The van der Waals surface area contributed by atoms with E-state index < -0.39 is 0 Å². The molecule has 1 atom stereocenters. The van der Waals surface area contributed by atoms with Crippen molar-refractivity contribution in [2.75, 3.05) is 6.61 Å². The van der Waals surface area contributed by atoms with Crippen LogP contribution in [-0.4, -0.2) is 12.5 Å². The summed E-state index contributed by atoms with van der Waals surface area (Å²) in [4.78, 5) is 11.1. The maximum absolute atomic E-state index is 11.1. The zero-order valence-electron chi connectivity index (χ0n) is 9.16. The van der Waals surface area contributed by atoms with Gasteiger partial charge in [-0.25, -0.2) is 0 Å². The average molecular weight is 217 g/mol. The van der Waals surface area contributed by atoms with Gasteiger partial charge in [-0.3, -0.25) is 4.79 Å². The number of primary amides is 1. The van der Waals surface area contributed by atoms with Crippen molar-refractivity contribution < 1.29 is 9.53 Å². The molecule has 16 heavy (non-hydrogen) atoms. The molecule has 0 fully saturated rings. The summed E-state index contributed by atoms with van der Waals surface area (Å²) in [5.41, 5.74) is 9.37. The third kappa shape index (κ3) is 1.39. The number of nitrogens with two attached hydrogens (primary N) is 1. The number of aryl methyl sites for hydroxylation is 1. The van der Waals surface area contributed by atoms with E-state index in [1.54, 1.807) is 0 Å². The summed E-state index contributed by atoms with van der Waals surface area (Å²) in [5.74, 6) is 1.13. The zero-order valence-corrected chi connectivity index (χ0v) is 9.16. The fourth-order valence-corrected chi connectivity index (χ4v) is 3.00. The number of hydrogen-bond donors (Lipinski definition) is 1. The first-order valence-corrected chi connectivity index (χ1v) is 5.81. The minimum Gasteiger partial charge on any atom is -0.493 e. The Bertz CT molecular complexity index is 453. The van der Waals surface area contributed by atoms with E-state index in [0.717, 1.165) is 31.6 Å². The van der Waals surface area contributed by atoms with Gasteiger partial charge >= 0.3 is 0 Å². The fourth-order valence-electron chi connectivity index (χ4n) is 3.00. The van der Waals surface area contributed by atoms with Gasteiger partial charge in [-0.05, 0) is 36.0 Å². The standard InChI is InChI=1S/C13H15NO2/c14-12(15)7-9-2-1-8-3-4-11-10(13(8)9)5-6-16-11/h3-4,9H,1-2,5-7H2,(H2,14,15)/t9-/m1/s1. The third-order valence-corrected chi connectivity index (χ3v) is 3.63. The molecule has 2 N–H and O–H groups in total.